The van der Waals surface area contributed by atoms with Crippen LogP contribution in [0.3, 0.4) is 0 Å². The van der Waals surface area contributed by atoms with E-state index >= 15 is 0 Å². The Morgan fingerprint density at radius 1 is 0.294 bits per heavy atom. The Bertz CT molecular complexity index is 1590. The van der Waals surface area contributed by atoms with E-state index in [0.29, 0.717) is 17.5 Å². The Balaban J connectivity index is 1.52. The molecule has 0 aliphatic heterocycles. The fourth-order valence-corrected chi connectivity index (χ4v) is 4.15. The van der Waals surface area contributed by atoms with Crippen LogP contribution in [0.5, 0.6) is 0 Å². The van der Waals surface area contributed by atoms with Gasteiger partial charge in [0.15, 0.2) is 17.5 Å². The molecular weight excluding hydrogens is 414 g/mol. The third-order valence-electron chi connectivity index (χ3n) is 5.90. The van der Waals surface area contributed by atoms with Crippen molar-refractivity contribution in [2.45, 2.75) is 0 Å². The van der Waals surface area contributed by atoms with Crippen molar-refractivity contribution in [2.75, 3.05) is 0 Å². The second-order valence-electron chi connectivity index (χ2n) is 8.18. The first-order valence-electron chi connectivity index (χ1n) is 11.3. The van der Waals surface area contributed by atoms with Crippen molar-refractivity contribution in [3.63, 3.8) is 0 Å². The molecule has 3 nitrogen and oxygen atoms in total. The van der Waals surface area contributed by atoms with E-state index < -0.39 is 0 Å². The van der Waals surface area contributed by atoms with Gasteiger partial charge in [0.1, 0.15) is 0 Å². The molecular formula is C31H21N3. The van der Waals surface area contributed by atoms with Gasteiger partial charge < -0.3 is 0 Å². The fraction of sp³-hybridized carbons (Fsp3) is 0. The second kappa shape index (κ2) is 8.72. The highest BCUT2D eigenvalue weighted by Gasteiger charge is 2.13. The number of fused-ring (bicyclic) bond motifs is 1. The molecule has 0 saturated carbocycles. The zero-order valence-corrected chi connectivity index (χ0v) is 18.5. The Hall–Kier alpha value is -4.63. The average Bonchev–Trinajstić information content (AvgIpc) is 2.93. The Labute approximate surface area is 198 Å². The van der Waals surface area contributed by atoms with Crippen molar-refractivity contribution in [2.24, 2.45) is 0 Å². The molecule has 1 heterocycles. The predicted molar refractivity (Wildman–Crippen MR) is 139 cm³/mol. The summed E-state index contributed by atoms with van der Waals surface area (Å²) in [6, 6.07) is 43.5. The van der Waals surface area contributed by atoms with Crippen molar-refractivity contribution >= 4 is 10.8 Å². The molecule has 0 aliphatic rings. The summed E-state index contributed by atoms with van der Waals surface area (Å²) in [6.07, 6.45) is 0. The summed E-state index contributed by atoms with van der Waals surface area (Å²) in [6.45, 7) is 0. The molecule has 0 saturated heterocycles. The van der Waals surface area contributed by atoms with E-state index in [-0.39, 0.29) is 0 Å². The van der Waals surface area contributed by atoms with Crippen molar-refractivity contribution in [3.05, 3.63) is 127 Å². The van der Waals surface area contributed by atoms with Gasteiger partial charge in [-0.25, -0.2) is 15.0 Å². The van der Waals surface area contributed by atoms with Gasteiger partial charge in [0, 0.05) is 16.7 Å². The highest BCUT2D eigenvalue weighted by molar-refractivity contribution is 5.86. The summed E-state index contributed by atoms with van der Waals surface area (Å²) in [4.78, 5) is 14.7. The van der Waals surface area contributed by atoms with E-state index in [0.717, 1.165) is 33.2 Å². The van der Waals surface area contributed by atoms with Crippen molar-refractivity contribution in [1.29, 1.82) is 0 Å². The molecule has 0 N–H and O–H groups in total. The molecule has 0 aliphatic carbocycles. The van der Waals surface area contributed by atoms with E-state index in [4.69, 9.17) is 15.0 Å². The molecule has 0 radical (unpaired) electrons. The van der Waals surface area contributed by atoms with Crippen LogP contribution >= 0.6 is 0 Å². The van der Waals surface area contributed by atoms with Crippen LogP contribution in [0.2, 0.25) is 0 Å². The lowest BCUT2D eigenvalue weighted by molar-refractivity contribution is 1.07. The molecule has 5 aromatic carbocycles. The molecule has 1 aromatic heterocycles. The van der Waals surface area contributed by atoms with E-state index in [1.807, 2.05) is 36.4 Å². The molecule has 160 valence electrons. The number of aromatic nitrogens is 3. The SMILES string of the molecule is c1ccc(-c2cccc(-c3nc(-c4ccccc4)nc(-c4ccc5ccccc5c4)n3)c2)cc1. The van der Waals surface area contributed by atoms with Crippen LogP contribution in [0.1, 0.15) is 0 Å². The third kappa shape index (κ3) is 3.96. The summed E-state index contributed by atoms with van der Waals surface area (Å²) in [5.41, 5.74) is 5.19. The van der Waals surface area contributed by atoms with Gasteiger partial charge in [0.2, 0.25) is 0 Å². The molecule has 3 heteroatoms. The number of rotatable bonds is 4. The van der Waals surface area contributed by atoms with Crippen molar-refractivity contribution in [1.82, 2.24) is 15.0 Å². The molecule has 0 amide bonds. The molecule has 0 bridgehead atoms. The summed E-state index contributed by atoms with van der Waals surface area (Å²) in [7, 11) is 0. The van der Waals surface area contributed by atoms with Gasteiger partial charge >= 0.3 is 0 Å². The normalized spacial score (nSPS) is 10.9. The van der Waals surface area contributed by atoms with Crippen LogP contribution in [0.15, 0.2) is 127 Å². The highest BCUT2D eigenvalue weighted by atomic mass is 15.0. The Morgan fingerprint density at radius 2 is 0.794 bits per heavy atom. The minimum atomic E-state index is 0.662. The van der Waals surface area contributed by atoms with Crippen LogP contribution in [0.25, 0.3) is 56.1 Å². The maximum atomic E-state index is 4.92. The van der Waals surface area contributed by atoms with Crippen molar-refractivity contribution in [3.8, 4) is 45.3 Å². The average molecular weight is 436 g/mol. The van der Waals surface area contributed by atoms with Crippen LogP contribution in [0.4, 0.5) is 0 Å². The lowest BCUT2D eigenvalue weighted by Crippen LogP contribution is -2.00. The molecule has 0 spiro atoms. The van der Waals surface area contributed by atoms with Gasteiger partial charge in [-0.1, -0.05) is 115 Å². The summed E-state index contributed by atoms with van der Waals surface area (Å²) in [5.74, 6) is 1.99. The highest BCUT2D eigenvalue weighted by Crippen LogP contribution is 2.29. The largest absolute Gasteiger partial charge is 0.208 e. The van der Waals surface area contributed by atoms with E-state index in [9.17, 15) is 0 Å². The van der Waals surface area contributed by atoms with Gasteiger partial charge in [0.05, 0.1) is 0 Å². The maximum Gasteiger partial charge on any atom is 0.164 e. The monoisotopic (exact) mass is 435 g/mol. The second-order valence-corrected chi connectivity index (χ2v) is 8.18. The van der Waals surface area contributed by atoms with E-state index in [1.165, 1.54) is 5.39 Å². The first kappa shape index (κ1) is 20.0. The van der Waals surface area contributed by atoms with Gasteiger partial charge in [0.25, 0.3) is 0 Å². The van der Waals surface area contributed by atoms with Gasteiger partial charge in [-0.15, -0.1) is 0 Å². The molecule has 0 fully saturated rings. The number of benzene rings is 5. The molecule has 6 aromatic rings. The minimum Gasteiger partial charge on any atom is -0.208 e. The van der Waals surface area contributed by atoms with Gasteiger partial charge in [-0.05, 0) is 34.0 Å². The summed E-state index contributed by atoms with van der Waals surface area (Å²) in [5, 5.41) is 2.36. The van der Waals surface area contributed by atoms with Crippen molar-refractivity contribution < 1.29 is 0 Å². The lowest BCUT2D eigenvalue weighted by atomic mass is 10.0. The maximum absolute atomic E-state index is 4.92. The van der Waals surface area contributed by atoms with Crippen LogP contribution in [-0.4, -0.2) is 15.0 Å². The zero-order valence-electron chi connectivity index (χ0n) is 18.5. The lowest BCUT2D eigenvalue weighted by Gasteiger charge is -2.10. The topological polar surface area (TPSA) is 38.7 Å². The number of nitrogens with zero attached hydrogens (tertiary/aromatic N) is 3. The fourth-order valence-electron chi connectivity index (χ4n) is 4.15. The smallest absolute Gasteiger partial charge is 0.164 e. The first-order valence-corrected chi connectivity index (χ1v) is 11.3. The third-order valence-corrected chi connectivity index (χ3v) is 5.90. The van der Waals surface area contributed by atoms with Gasteiger partial charge in [-0.2, -0.15) is 0 Å². The Kier molecular flexibility index (Phi) is 5.13. The molecule has 0 unspecified atom stereocenters. The summed E-state index contributed by atoms with van der Waals surface area (Å²) < 4.78 is 0. The summed E-state index contributed by atoms with van der Waals surface area (Å²) >= 11 is 0. The molecule has 34 heavy (non-hydrogen) atoms. The van der Waals surface area contributed by atoms with Crippen LogP contribution in [0, 0.1) is 0 Å². The van der Waals surface area contributed by atoms with Gasteiger partial charge in [-0.3, -0.25) is 0 Å². The Morgan fingerprint density at radius 3 is 1.50 bits per heavy atom. The standard InChI is InChI=1S/C31H21N3/c1-3-10-22(11-4-1)26-16-9-17-27(20-26)30-32-29(24-13-5-2-6-14-24)33-31(34-30)28-19-18-23-12-7-8-15-25(23)21-28/h1-21H. The van der Waals surface area contributed by atoms with E-state index in [2.05, 4.69) is 91.0 Å². The van der Waals surface area contributed by atoms with E-state index in [1.54, 1.807) is 0 Å². The predicted octanol–water partition coefficient (Wildman–Crippen LogP) is 7.69. The first-order chi connectivity index (χ1) is 16.8. The minimum absolute atomic E-state index is 0.662. The van der Waals surface area contributed by atoms with Crippen LogP contribution in [-0.2, 0) is 0 Å². The number of hydrogen-bond donors (Lipinski definition) is 0. The zero-order chi connectivity index (χ0) is 22.7. The molecule has 0 atom stereocenters. The van der Waals surface area contributed by atoms with Crippen LogP contribution < -0.4 is 0 Å². The number of hydrogen-bond acceptors (Lipinski definition) is 3. The quantitative estimate of drug-likeness (QED) is 0.285. The molecule has 6 rings (SSSR count).